The molecule has 28 heavy (non-hydrogen) atoms. The first-order chi connectivity index (χ1) is 12.2. The summed E-state index contributed by atoms with van der Waals surface area (Å²) in [5.74, 6) is 0.985. The Hall–Kier alpha value is -1.23. The lowest BCUT2D eigenvalue weighted by atomic mass is 9.81. The Morgan fingerprint density at radius 2 is 1.79 bits per heavy atom. The predicted octanol–water partition coefficient (Wildman–Crippen LogP) is 6.22. The fourth-order valence-corrected chi connectivity index (χ4v) is 4.53. The summed E-state index contributed by atoms with van der Waals surface area (Å²) >= 11 is 3.61. The van der Waals surface area contributed by atoms with Gasteiger partial charge in [-0.05, 0) is 57.9 Å². The number of aliphatic imine (C=N–C) groups is 1. The Morgan fingerprint density at radius 1 is 1.07 bits per heavy atom. The lowest BCUT2D eigenvalue weighted by Crippen LogP contribution is -2.30. The van der Waals surface area contributed by atoms with Crippen LogP contribution in [0.2, 0.25) is 0 Å². The maximum absolute atomic E-state index is 6.32. The van der Waals surface area contributed by atoms with E-state index in [1.165, 1.54) is 16.7 Å². The topological polar surface area (TPSA) is 33.6 Å². The van der Waals surface area contributed by atoms with Gasteiger partial charge in [0.1, 0.15) is 11.4 Å². The minimum atomic E-state index is -0.196. The summed E-state index contributed by atoms with van der Waals surface area (Å²) in [6.45, 7) is 8.73. The van der Waals surface area contributed by atoms with E-state index in [0.29, 0.717) is 0 Å². The van der Waals surface area contributed by atoms with Crippen molar-refractivity contribution in [2.45, 2.75) is 51.7 Å². The average molecular weight is 486 g/mol. The maximum atomic E-state index is 6.32. The van der Waals surface area contributed by atoms with E-state index in [0.717, 1.165) is 40.0 Å². The van der Waals surface area contributed by atoms with Crippen molar-refractivity contribution < 1.29 is 4.74 Å². The molecule has 2 aliphatic rings. The monoisotopic (exact) mass is 484 g/mol. The molecule has 0 bridgehead atoms. The summed E-state index contributed by atoms with van der Waals surface area (Å²) in [6.07, 6.45) is 1.83. The minimum absolute atomic E-state index is 0. The van der Waals surface area contributed by atoms with E-state index < -0.39 is 0 Å². The van der Waals surface area contributed by atoms with E-state index in [-0.39, 0.29) is 36.0 Å². The summed E-state index contributed by atoms with van der Waals surface area (Å²) in [4.78, 5) is 5.17. The van der Waals surface area contributed by atoms with Gasteiger partial charge in [-0.2, -0.15) is 0 Å². The number of ether oxygens (including phenoxy) is 1. The zero-order chi connectivity index (χ0) is 18.7. The molecule has 2 aliphatic heterocycles. The molecule has 1 N–H and O–H groups in total. The number of fused-ring (bicyclic) bond motifs is 3. The molecule has 3 nitrogen and oxygen atoms in total. The second-order valence-electron chi connectivity index (χ2n) is 8.51. The zero-order valence-electron chi connectivity index (χ0n) is 16.9. The standard InChI is InChI=1S/C22H25BrN2O.2ClH/c1-21(2)11-14-10-17(24-5)20-16(12-22(3,4)26-20)18(14)19(25-21)13-7-6-8-15(23)9-13;;/h6-10,24H,11-12H2,1-5H3;2*1H. The molecule has 0 aliphatic carbocycles. The van der Waals surface area contributed by atoms with Gasteiger partial charge in [0.25, 0.3) is 0 Å². The molecule has 0 spiro atoms. The molecular weight excluding hydrogens is 459 g/mol. The highest BCUT2D eigenvalue weighted by molar-refractivity contribution is 9.10. The SMILES string of the molecule is CNc1cc2c(c3c1OC(C)(C)C3)C(c1cccc(Br)c1)=NC(C)(C)C2.Cl.Cl. The third kappa shape index (κ3) is 4.05. The van der Waals surface area contributed by atoms with Crippen molar-refractivity contribution in [2.24, 2.45) is 4.99 Å². The van der Waals surface area contributed by atoms with Crippen molar-refractivity contribution in [1.82, 2.24) is 0 Å². The van der Waals surface area contributed by atoms with Crippen molar-refractivity contribution in [3.8, 4) is 5.75 Å². The molecule has 0 atom stereocenters. The maximum Gasteiger partial charge on any atom is 0.147 e. The fraction of sp³-hybridized carbons (Fsp3) is 0.409. The number of hydrogen-bond acceptors (Lipinski definition) is 3. The van der Waals surface area contributed by atoms with Gasteiger partial charge in [0.05, 0.1) is 16.9 Å². The van der Waals surface area contributed by atoms with Crippen LogP contribution in [0.4, 0.5) is 5.69 Å². The Bertz CT molecular complexity index is 938. The van der Waals surface area contributed by atoms with E-state index in [1.807, 2.05) is 7.05 Å². The van der Waals surface area contributed by atoms with Crippen molar-refractivity contribution >= 4 is 52.1 Å². The Morgan fingerprint density at radius 3 is 2.43 bits per heavy atom. The summed E-state index contributed by atoms with van der Waals surface area (Å²) < 4.78 is 7.39. The summed E-state index contributed by atoms with van der Waals surface area (Å²) in [5.41, 5.74) is 6.89. The van der Waals surface area contributed by atoms with Crippen LogP contribution >= 0.6 is 40.7 Å². The van der Waals surface area contributed by atoms with Crippen LogP contribution in [-0.4, -0.2) is 23.9 Å². The normalized spacial score (nSPS) is 17.9. The molecule has 4 rings (SSSR count). The second-order valence-corrected chi connectivity index (χ2v) is 9.43. The number of nitrogens with one attached hydrogen (secondary N) is 1. The van der Waals surface area contributed by atoms with Crippen molar-refractivity contribution in [3.63, 3.8) is 0 Å². The number of benzene rings is 2. The highest BCUT2D eigenvalue weighted by atomic mass is 79.9. The quantitative estimate of drug-likeness (QED) is 0.547. The molecule has 2 aromatic carbocycles. The van der Waals surface area contributed by atoms with E-state index in [2.05, 4.69) is 79.3 Å². The van der Waals surface area contributed by atoms with Crippen LogP contribution in [0.1, 0.15) is 49.9 Å². The number of rotatable bonds is 2. The summed E-state index contributed by atoms with van der Waals surface area (Å²) in [6, 6.07) is 10.7. The Labute approximate surface area is 188 Å². The van der Waals surface area contributed by atoms with E-state index in [4.69, 9.17) is 9.73 Å². The van der Waals surface area contributed by atoms with Gasteiger partial charge in [0.15, 0.2) is 0 Å². The molecule has 0 amide bonds. The highest BCUT2D eigenvalue weighted by Crippen LogP contribution is 2.46. The van der Waals surface area contributed by atoms with Gasteiger partial charge in [-0.1, -0.05) is 28.1 Å². The lowest BCUT2D eigenvalue weighted by Gasteiger charge is -2.31. The molecule has 6 heteroatoms. The molecule has 0 saturated heterocycles. The van der Waals surface area contributed by atoms with E-state index in [1.54, 1.807) is 0 Å². The predicted molar refractivity (Wildman–Crippen MR) is 126 cm³/mol. The van der Waals surface area contributed by atoms with Crippen LogP contribution in [-0.2, 0) is 12.8 Å². The number of halogens is 3. The van der Waals surface area contributed by atoms with Gasteiger partial charge >= 0.3 is 0 Å². The van der Waals surface area contributed by atoms with Gasteiger partial charge in [-0.15, -0.1) is 24.8 Å². The van der Waals surface area contributed by atoms with Gasteiger partial charge in [0, 0.05) is 34.6 Å². The highest BCUT2D eigenvalue weighted by Gasteiger charge is 2.39. The molecule has 0 aromatic heterocycles. The average Bonchev–Trinajstić information content (AvgIpc) is 2.87. The smallest absolute Gasteiger partial charge is 0.147 e. The first-order valence-electron chi connectivity index (χ1n) is 9.11. The van der Waals surface area contributed by atoms with Crippen molar-refractivity contribution in [2.75, 3.05) is 12.4 Å². The third-order valence-electron chi connectivity index (χ3n) is 5.08. The van der Waals surface area contributed by atoms with Gasteiger partial charge in [0.2, 0.25) is 0 Å². The molecule has 2 heterocycles. The van der Waals surface area contributed by atoms with Crippen LogP contribution in [0.25, 0.3) is 0 Å². The van der Waals surface area contributed by atoms with Crippen LogP contribution < -0.4 is 10.1 Å². The molecule has 152 valence electrons. The lowest BCUT2D eigenvalue weighted by molar-refractivity contribution is 0.139. The van der Waals surface area contributed by atoms with Gasteiger partial charge in [-0.3, -0.25) is 4.99 Å². The number of hydrogen-bond donors (Lipinski definition) is 1. The first-order valence-corrected chi connectivity index (χ1v) is 9.90. The zero-order valence-corrected chi connectivity index (χ0v) is 20.1. The summed E-state index contributed by atoms with van der Waals surface area (Å²) in [7, 11) is 1.97. The molecule has 0 radical (unpaired) electrons. The molecule has 2 aromatic rings. The number of anilines is 1. The molecule has 0 fully saturated rings. The van der Waals surface area contributed by atoms with Crippen molar-refractivity contribution in [3.05, 3.63) is 57.1 Å². The summed E-state index contributed by atoms with van der Waals surface area (Å²) in [5, 5.41) is 3.33. The van der Waals surface area contributed by atoms with Crippen molar-refractivity contribution in [1.29, 1.82) is 0 Å². The minimum Gasteiger partial charge on any atom is -0.485 e. The third-order valence-corrected chi connectivity index (χ3v) is 5.58. The number of nitrogens with zero attached hydrogens (tertiary/aromatic N) is 1. The first kappa shape index (κ1) is 23.1. The van der Waals surface area contributed by atoms with Crippen LogP contribution in [0.15, 0.2) is 39.8 Å². The molecular formula is C22H27BrCl2N2O. The molecule has 0 unspecified atom stereocenters. The van der Waals surface area contributed by atoms with E-state index >= 15 is 0 Å². The Kier molecular flexibility index (Phi) is 6.49. The fourth-order valence-electron chi connectivity index (χ4n) is 4.13. The van der Waals surface area contributed by atoms with Crippen LogP contribution in [0.5, 0.6) is 5.75 Å². The Balaban J connectivity index is 0.00000140. The van der Waals surface area contributed by atoms with E-state index in [9.17, 15) is 0 Å². The molecule has 0 saturated carbocycles. The van der Waals surface area contributed by atoms with Crippen LogP contribution in [0, 0.1) is 0 Å². The van der Waals surface area contributed by atoms with Crippen LogP contribution in [0.3, 0.4) is 0 Å². The van der Waals surface area contributed by atoms with Gasteiger partial charge < -0.3 is 10.1 Å². The van der Waals surface area contributed by atoms with Gasteiger partial charge in [-0.25, -0.2) is 0 Å². The largest absolute Gasteiger partial charge is 0.485 e. The second kappa shape index (κ2) is 7.89.